The average Bonchev–Trinajstić information content (AvgIpc) is 2.67. The lowest BCUT2D eigenvalue weighted by atomic mass is 10.1. The van der Waals surface area contributed by atoms with Crippen molar-refractivity contribution in [1.29, 1.82) is 0 Å². The van der Waals surface area contributed by atoms with Gasteiger partial charge in [0.1, 0.15) is 0 Å². The summed E-state index contributed by atoms with van der Waals surface area (Å²) in [6.07, 6.45) is 0. The molecule has 0 bridgehead atoms. The molecule has 1 aromatic rings. The Balaban J connectivity index is 2.06. The van der Waals surface area contributed by atoms with E-state index in [0.29, 0.717) is 17.7 Å². The first-order valence-corrected chi connectivity index (χ1v) is 6.83. The van der Waals surface area contributed by atoms with E-state index < -0.39 is 5.97 Å². The number of imide groups is 1. The molecular formula is C15H18N2O4. The summed E-state index contributed by atoms with van der Waals surface area (Å²) >= 11 is 0. The van der Waals surface area contributed by atoms with Gasteiger partial charge < -0.3 is 5.11 Å². The number of hydrogen-bond donors (Lipinski definition) is 1. The van der Waals surface area contributed by atoms with Crippen LogP contribution >= 0.6 is 0 Å². The van der Waals surface area contributed by atoms with Crippen LogP contribution in [-0.4, -0.2) is 58.4 Å². The van der Waals surface area contributed by atoms with Crippen molar-refractivity contribution in [2.24, 2.45) is 0 Å². The predicted octanol–water partition coefficient (Wildman–Crippen LogP) is 1.08. The van der Waals surface area contributed by atoms with Crippen LogP contribution in [0.5, 0.6) is 0 Å². The van der Waals surface area contributed by atoms with Gasteiger partial charge in [-0.05, 0) is 26.0 Å². The molecule has 1 aromatic carbocycles. The summed E-state index contributed by atoms with van der Waals surface area (Å²) in [5, 5.41) is 8.88. The fourth-order valence-corrected chi connectivity index (χ4v) is 2.36. The van der Waals surface area contributed by atoms with E-state index in [0.717, 1.165) is 0 Å². The Morgan fingerprint density at radius 1 is 1.19 bits per heavy atom. The normalized spacial score (nSPS) is 14.2. The Morgan fingerprint density at radius 2 is 1.71 bits per heavy atom. The minimum atomic E-state index is -0.925. The Morgan fingerprint density at radius 3 is 2.14 bits per heavy atom. The van der Waals surface area contributed by atoms with Gasteiger partial charge in [0.15, 0.2) is 0 Å². The molecule has 6 heteroatoms. The van der Waals surface area contributed by atoms with E-state index in [4.69, 9.17) is 5.11 Å². The molecule has 112 valence electrons. The number of aliphatic carboxylic acids is 1. The maximum Gasteiger partial charge on any atom is 0.317 e. The molecule has 0 aliphatic carbocycles. The summed E-state index contributed by atoms with van der Waals surface area (Å²) in [6, 6.07) is 6.73. The minimum absolute atomic E-state index is 0.0243. The van der Waals surface area contributed by atoms with E-state index in [9.17, 15) is 14.4 Å². The highest BCUT2D eigenvalue weighted by Gasteiger charge is 2.35. The number of carbonyl (C=O) groups excluding carboxylic acids is 2. The van der Waals surface area contributed by atoms with Crippen molar-refractivity contribution in [3.05, 3.63) is 35.4 Å². The SMILES string of the molecule is CC(C)N(CCN1C(=O)c2ccccc2C1=O)CC(=O)O. The van der Waals surface area contributed by atoms with Crippen LogP contribution in [0.25, 0.3) is 0 Å². The largest absolute Gasteiger partial charge is 0.480 e. The third-order valence-corrected chi connectivity index (χ3v) is 3.56. The molecule has 2 amide bonds. The molecule has 1 N–H and O–H groups in total. The molecular weight excluding hydrogens is 272 g/mol. The molecule has 1 aliphatic heterocycles. The van der Waals surface area contributed by atoms with Crippen LogP contribution in [0.4, 0.5) is 0 Å². The maximum atomic E-state index is 12.2. The summed E-state index contributed by atoms with van der Waals surface area (Å²) in [5.74, 6) is -1.55. The zero-order valence-corrected chi connectivity index (χ0v) is 12.1. The number of hydrogen-bond acceptors (Lipinski definition) is 4. The van der Waals surface area contributed by atoms with E-state index >= 15 is 0 Å². The van der Waals surface area contributed by atoms with Gasteiger partial charge in [-0.1, -0.05) is 12.1 Å². The first kappa shape index (κ1) is 15.2. The third-order valence-electron chi connectivity index (χ3n) is 3.56. The number of carbonyl (C=O) groups is 3. The van der Waals surface area contributed by atoms with Crippen molar-refractivity contribution < 1.29 is 19.5 Å². The molecule has 0 saturated carbocycles. The second-order valence-corrected chi connectivity index (χ2v) is 5.27. The van der Waals surface area contributed by atoms with Crippen molar-refractivity contribution in [1.82, 2.24) is 9.80 Å². The van der Waals surface area contributed by atoms with Crippen LogP contribution in [0.1, 0.15) is 34.6 Å². The highest BCUT2D eigenvalue weighted by molar-refractivity contribution is 6.21. The lowest BCUT2D eigenvalue weighted by Crippen LogP contribution is -2.43. The van der Waals surface area contributed by atoms with Crippen molar-refractivity contribution in [2.75, 3.05) is 19.6 Å². The van der Waals surface area contributed by atoms with Crippen molar-refractivity contribution >= 4 is 17.8 Å². The highest BCUT2D eigenvalue weighted by atomic mass is 16.4. The van der Waals surface area contributed by atoms with Crippen LogP contribution in [0, 0.1) is 0 Å². The summed E-state index contributed by atoms with van der Waals surface area (Å²) < 4.78 is 0. The molecule has 0 radical (unpaired) electrons. The number of fused-ring (bicyclic) bond motifs is 1. The van der Waals surface area contributed by atoms with Crippen LogP contribution in [0.15, 0.2) is 24.3 Å². The van der Waals surface area contributed by atoms with Crippen molar-refractivity contribution in [3.8, 4) is 0 Å². The van der Waals surface area contributed by atoms with Gasteiger partial charge in [-0.15, -0.1) is 0 Å². The Bertz CT molecular complexity index is 548. The van der Waals surface area contributed by atoms with Gasteiger partial charge in [0.25, 0.3) is 11.8 Å². The van der Waals surface area contributed by atoms with E-state index in [1.807, 2.05) is 13.8 Å². The molecule has 0 spiro atoms. The lowest BCUT2D eigenvalue weighted by molar-refractivity contribution is -0.138. The molecule has 1 heterocycles. The summed E-state index contributed by atoms with van der Waals surface area (Å²) in [6.45, 7) is 4.19. The van der Waals surface area contributed by atoms with E-state index in [-0.39, 0.29) is 30.9 Å². The predicted molar refractivity (Wildman–Crippen MR) is 76.2 cm³/mol. The minimum Gasteiger partial charge on any atom is -0.480 e. The van der Waals surface area contributed by atoms with Crippen LogP contribution in [-0.2, 0) is 4.79 Å². The molecule has 6 nitrogen and oxygen atoms in total. The fourth-order valence-electron chi connectivity index (χ4n) is 2.36. The Hall–Kier alpha value is -2.21. The van der Waals surface area contributed by atoms with Gasteiger partial charge in [-0.25, -0.2) is 0 Å². The number of benzene rings is 1. The molecule has 2 rings (SSSR count). The van der Waals surface area contributed by atoms with Gasteiger partial charge in [0, 0.05) is 19.1 Å². The van der Waals surface area contributed by atoms with Gasteiger partial charge in [0.05, 0.1) is 17.7 Å². The summed E-state index contributed by atoms with van der Waals surface area (Å²) in [7, 11) is 0. The van der Waals surface area contributed by atoms with Crippen molar-refractivity contribution in [3.63, 3.8) is 0 Å². The molecule has 0 saturated heterocycles. The monoisotopic (exact) mass is 290 g/mol. The molecule has 21 heavy (non-hydrogen) atoms. The number of nitrogens with zero attached hydrogens (tertiary/aromatic N) is 2. The first-order chi connectivity index (χ1) is 9.91. The van der Waals surface area contributed by atoms with E-state index in [1.54, 1.807) is 29.2 Å². The highest BCUT2D eigenvalue weighted by Crippen LogP contribution is 2.22. The van der Waals surface area contributed by atoms with Crippen molar-refractivity contribution in [2.45, 2.75) is 19.9 Å². The third kappa shape index (κ3) is 3.11. The molecule has 0 fully saturated rings. The maximum absolute atomic E-state index is 12.2. The van der Waals surface area contributed by atoms with Crippen LogP contribution in [0.3, 0.4) is 0 Å². The zero-order valence-electron chi connectivity index (χ0n) is 12.1. The smallest absolute Gasteiger partial charge is 0.317 e. The average molecular weight is 290 g/mol. The van der Waals surface area contributed by atoms with Crippen LogP contribution in [0.2, 0.25) is 0 Å². The van der Waals surface area contributed by atoms with Gasteiger partial charge in [-0.2, -0.15) is 0 Å². The number of amides is 2. The second-order valence-electron chi connectivity index (χ2n) is 5.27. The standard InChI is InChI=1S/C15H18N2O4/c1-10(2)16(9-13(18)19)7-8-17-14(20)11-5-3-4-6-12(11)15(17)21/h3-6,10H,7-9H2,1-2H3,(H,18,19). The van der Waals surface area contributed by atoms with Gasteiger partial charge in [0.2, 0.25) is 0 Å². The topological polar surface area (TPSA) is 77.9 Å². The second kappa shape index (κ2) is 6.05. The fraction of sp³-hybridized carbons (Fsp3) is 0.400. The summed E-state index contributed by atoms with van der Waals surface area (Å²) in [4.78, 5) is 38.1. The zero-order chi connectivity index (χ0) is 15.6. The van der Waals surface area contributed by atoms with Crippen LogP contribution < -0.4 is 0 Å². The lowest BCUT2D eigenvalue weighted by Gasteiger charge is -2.26. The number of carboxylic acid groups (broad SMARTS) is 1. The first-order valence-electron chi connectivity index (χ1n) is 6.83. The number of rotatable bonds is 6. The van der Waals surface area contributed by atoms with Gasteiger partial charge >= 0.3 is 5.97 Å². The van der Waals surface area contributed by atoms with Gasteiger partial charge in [-0.3, -0.25) is 24.2 Å². The summed E-state index contributed by atoms with van der Waals surface area (Å²) in [5.41, 5.74) is 0.827. The molecule has 0 atom stereocenters. The quantitative estimate of drug-likeness (QED) is 0.793. The Labute approximate surface area is 123 Å². The Kier molecular flexibility index (Phi) is 4.37. The molecule has 0 unspecified atom stereocenters. The molecule has 1 aliphatic rings. The molecule has 0 aromatic heterocycles. The van der Waals surface area contributed by atoms with E-state index in [1.165, 1.54) is 4.90 Å². The number of carboxylic acids is 1. The van der Waals surface area contributed by atoms with E-state index in [2.05, 4.69) is 0 Å².